The van der Waals surface area contributed by atoms with Gasteiger partial charge in [-0.2, -0.15) is 5.10 Å². The second-order valence-electron chi connectivity index (χ2n) is 6.97. The lowest BCUT2D eigenvalue weighted by Crippen LogP contribution is -2.08. The van der Waals surface area contributed by atoms with Gasteiger partial charge in [-0.1, -0.05) is 23.2 Å². The fourth-order valence-electron chi connectivity index (χ4n) is 3.49. The van der Waals surface area contributed by atoms with Gasteiger partial charge >= 0.3 is 0 Å². The van der Waals surface area contributed by atoms with Gasteiger partial charge in [0.1, 0.15) is 0 Å². The smallest absolute Gasteiger partial charge is 0.227 e. The summed E-state index contributed by atoms with van der Waals surface area (Å²) >= 11 is 12.9. The van der Waals surface area contributed by atoms with Gasteiger partial charge in [0.15, 0.2) is 5.15 Å². The van der Waals surface area contributed by atoms with Crippen LogP contribution in [0.3, 0.4) is 0 Å². The van der Waals surface area contributed by atoms with Crippen LogP contribution in [0.25, 0.3) is 10.9 Å². The average Bonchev–Trinajstić information content (AvgIpc) is 3.20. The third-order valence-electron chi connectivity index (χ3n) is 5.07. The molecule has 1 aliphatic carbocycles. The van der Waals surface area contributed by atoms with Gasteiger partial charge in [0.25, 0.3) is 0 Å². The summed E-state index contributed by atoms with van der Waals surface area (Å²) in [5.74, 6) is 0.942. The minimum atomic E-state index is 0.431. The molecule has 1 atom stereocenters. The van der Waals surface area contributed by atoms with E-state index in [1.165, 1.54) is 0 Å². The van der Waals surface area contributed by atoms with E-state index in [1.54, 1.807) is 12.4 Å². The summed E-state index contributed by atoms with van der Waals surface area (Å²) in [6.07, 6.45) is 6.87. The number of anilines is 2. The lowest BCUT2D eigenvalue weighted by atomic mass is 9.97. The van der Waals surface area contributed by atoms with Crippen LogP contribution in [0.2, 0.25) is 10.2 Å². The molecule has 1 saturated heterocycles. The Morgan fingerprint density at radius 2 is 2.04 bits per heavy atom. The van der Waals surface area contributed by atoms with Crippen LogP contribution in [0.1, 0.15) is 36.8 Å². The maximum atomic E-state index is 6.48. The second-order valence-corrected chi connectivity index (χ2v) is 7.73. The van der Waals surface area contributed by atoms with Crippen molar-refractivity contribution in [1.29, 1.82) is 0 Å². The largest absolute Gasteiger partial charge is 0.320 e. The van der Waals surface area contributed by atoms with Gasteiger partial charge in [-0.3, -0.25) is 0 Å². The van der Waals surface area contributed by atoms with E-state index in [0.29, 0.717) is 23.1 Å². The van der Waals surface area contributed by atoms with E-state index in [2.05, 4.69) is 31.8 Å². The molecular weight excluding hydrogens is 371 g/mol. The summed E-state index contributed by atoms with van der Waals surface area (Å²) < 4.78 is 1.86. The SMILES string of the molecule is Clc1cc2cnc(Nc3cnn(C4CC4)c3Cl)nc2cc1[C@H]1CCNC1. The van der Waals surface area contributed by atoms with E-state index in [0.717, 1.165) is 59.5 Å². The molecule has 0 unspecified atom stereocenters. The number of benzene rings is 1. The monoisotopic (exact) mass is 388 g/mol. The van der Waals surface area contributed by atoms with Crippen molar-refractivity contribution < 1.29 is 0 Å². The van der Waals surface area contributed by atoms with Crippen LogP contribution in [-0.2, 0) is 0 Å². The Bertz CT molecular complexity index is 975. The Morgan fingerprint density at radius 1 is 1.15 bits per heavy atom. The molecule has 8 heteroatoms. The standard InChI is InChI=1S/C18H18Cl2N6/c19-14-5-11-8-22-18(24-15(11)6-13(14)10-3-4-21-7-10)25-16-9-23-26(17(16)20)12-1-2-12/h5-6,8-10,12,21H,1-4,7H2,(H,22,24,25)/t10-/m0/s1. The lowest BCUT2D eigenvalue weighted by Gasteiger charge is -2.12. The van der Waals surface area contributed by atoms with Gasteiger partial charge in [-0.05, 0) is 49.4 Å². The van der Waals surface area contributed by atoms with E-state index < -0.39 is 0 Å². The first-order chi connectivity index (χ1) is 12.7. The van der Waals surface area contributed by atoms with Crippen LogP contribution in [-0.4, -0.2) is 32.8 Å². The number of hydrogen-bond donors (Lipinski definition) is 2. The number of hydrogen-bond acceptors (Lipinski definition) is 5. The van der Waals surface area contributed by atoms with Crippen molar-refractivity contribution in [2.24, 2.45) is 0 Å². The summed E-state index contributed by atoms with van der Waals surface area (Å²) in [4.78, 5) is 9.05. The molecule has 3 heterocycles. The average molecular weight is 389 g/mol. The molecule has 3 aromatic rings. The fourth-order valence-corrected chi connectivity index (χ4v) is 4.09. The molecular formula is C18H18Cl2N6. The third kappa shape index (κ3) is 2.92. The van der Waals surface area contributed by atoms with Crippen molar-refractivity contribution >= 4 is 45.7 Å². The summed E-state index contributed by atoms with van der Waals surface area (Å²) in [6, 6.07) is 4.46. The number of nitrogens with zero attached hydrogens (tertiary/aromatic N) is 4. The van der Waals surface area contributed by atoms with Crippen LogP contribution in [0.5, 0.6) is 0 Å². The maximum absolute atomic E-state index is 6.48. The highest BCUT2D eigenvalue weighted by atomic mass is 35.5. The van der Waals surface area contributed by atoms with Gasteiger partial charge in [0.05, 0.1) is 23.4 Å². The molecule has 2 fully saturated rings. The van der Waals surface area contributed by atoms with Crippen molar-refractivity contribution in [3.05, 3.63) is 40.3 Å². The Labute approximate surface area is 160 Å². The normalized spacial score (nSPS) is 20.0. The fraction of sp³-hybridized carbons (Fsp3) is 0.389. The van der Waals surface area contributed by atoms with Crippen LogP contribution < -0.4 is 10.6 Å². The predicted molar refractivity (Wildman–Crippen MR) is 104 cm³/mol. The van der Waals surface area contributed by atoms with Crippen molar-refractivity contribution in [1.82, 2.24) is 25.1 Å². The molecule has 5 rings (SSSR count). The minimum absolute atomic E-state index is 0.431. The summed E-state index contributed by atoms with van der Waals surface area (Å²) in [6.45, 7) is 1.98. The molecule has 2 aromatic heterocycles. The summed E-state index contributed by atoms with van der Waals surface area (Å²) in [5, 5.41) is 13.2. The molecule has 134 valence electrons. The summed E-state index contributed by atoms with van der Waals surface area (Å²) in [7, 11) is 0. The molecule has 2 aliphatic rings. The first-order valence-corrected chi connectivity index (χ1v) is 9.61. The highest BCUT2D eigenvalue weighted by Gasteiger charge is 2.27. The van der Waals surface area contributed by atoms with Gasteiger partial charge < -0.3 is 10.6 Å². The van der Waals surface area contributed by atoms with Crippen molar-refractivity contribution in [3.63, 3.8) is 0 Å². The topological polar surface area (TPSA) is 67.7 Å². The van der Waals surface area contributed by atoms with Crippen molar-refractivity contribution in [2.75, 3.05) is 18.4 Å². The van der Waals surface area contributed by atoms with Crippen LogP contribution in [0.15, 0.2) is 24.5 Å². The molecule has 0 bridgehead atoms. The number of nitrogens with one attached hydrogen (secondary N) is 2. The van der Waals surface area contributed by atoms with E-state index in [4.69, 9.17) is 23.2 Å². The second kappa shape index (κ2) is 6.37. The molecule has 1 saturated carbocycles. The number of halogens is 2. The highest BCUT2D eigenvalue weighted by molar-refractivity contribution is 6.32. The zero-order valence-corrected chi connectivity index (χ0v) is 15.6. The zero-order chi connectivity index (χ0) is 17.7. The van der Waals surface area contributed by atoms with Crippen LogP contribution in [0, 0.1) is 0 Å². The predicted octanol–water partition coefficient (Wildman–Crippen LogP) is 4.29. The number of aromatic nitrogens is 4. The molecule has 2 N–H and O–H groups in total. The Kier molecular flexibility index (Phi) is 3.99. The van der Waals surface area contributed by atoms with Gasteiger partial charge in [0, 0.05) is 23.2 Å². The Hall–Kier alpha value is -1.89. The Balaban J connectivity index is 1.47. The first kappa shape index (κ1) is 16.3. The molecule has 6 nitrogen and oxygen atoms in total. The zero-order valence-electron chi connectivity index (χ0n) is 14.0. The van der Waals surface area contributed by atoms with E-state index >= 15 is 0 Å². The number of rotatable bonds is 4. The maximum Gasteiger partial charge on any atom is 0.227 e. The first-order valence-electron chi connectivity index (χ1n) is 8.86. The van der Waals surface area contributed by atoms with Gasteiger partial charge in [-0.25, -0.2) is 14.6 Å². The van der Waals surface area contributed by atoms with Gasteiger partial charge in [0.2, 0.25) is 5.95 Å². The Morgan fingerprint density at radius 3 is 2.81 bits per heavy atom. The molecule has 26 heavy (non-hydrogen) atoms. The van der Waals surface area contributed by atoms with E-state index in [-0.39, 0.29) is 0 Å². The molecule has 0 radical (unpaired) electrons. The molecule has 1 aromatic carbocycles. The third-order valence-corrected chi connectivity index (χ3v) is 5.78. The minimum Gasteiger partial charge on any atom is -0.320 e. The van der Waals surface area contributed by atoms with Crippen molar-refractivity contribution in [3.8, 4) is 0 Å². The highest BCUT2D eigenvalue weighted by Crippen LogP contribution is 2.39. The quantitative estimate of drug-likeness (QED) is 0.697. The summed E-state index contributed by atoms with van der Waals surface area (Å²) in [5.41, 5.74) is 2.75. The van der Waals surface area contributed by atoms with E-state index in [1.807, 2.05) is 10.7 Å². The molecule has 1 aliphatic heterocycles. The van der Waals surface area contributed by atoms with Crippen molar-refractivity contribution in [2.45, 2.75) is 31.2 Å². The molecule has 0 amide bonds. The number of fused-ring (bicyclic) bond motifs is 1. The molecule has 0 spiro atoms. The lowest BCUT2D eigenvalue weighted by molar-refractivity contribution is 0.643. The van der Waals surface area contributed by atoms with Crippen LogP contribution >= 0.6 is 23.2 Å². The van der Waals surface area contributed by atoms with Gasteiger partial charge in [-0.15, -0.1) is 0 Å². The van der Waals surface area contributed by atoms with Crippen LogP contribution in [0.4, 0.5) is 11.6 Å². The van der Waals surface area contributed by atoms with E-state index in [9.17, 15) is 0 Å².